The molecule has 0 aliphatic rings. The topological polar surface area (TPSA) is 102 Å². The monoisotopic (exact) mass is 359 g/mol. The van der Waals surface area contributed by atoms with Gasteiger partial charge in [-0.3, -0.25) is 0 Å². The molecule has 0 aliphatic heterocycles. The number of rotatable bonds is 14. The molecule has 23 heavy (non-hydrogen) atoms. The zero-order chi connectivity index (χ0) is 16.6. The van der Waals surface area contributed by atoms with Crippen molar-refractivity contribution in [1.82, 2.24) is 9.97 Å². The smallest absolute Gasteiger partial charge is 0.188 e. The molecule has 1 aromatic rings. The third-order valence-corrected chi connectivity index (χ3v) is 4.28. The molecule has 1 heterocycles. The summed E-state index contributed by atoms with van der Waals surface area (Å²) in [5, 5.41) is 5.09. The second kappa shape index (κ2) is 14.6. The van der Waals surface area contributed by atoms with E-state index in [0.717, 1.165) is 15.8 Å². The predicted octanol–water partition coefficient (Wildman–Crippen LogP) is 2.75. The summed E-state index contributed by atoms with van der Waals surface area (Å²) in [4.78, 5) is 11.2. The van der Waals surface area contributed by atoms with Crippen LogP contribution in [0.4, 0.5) is 0 Å². The third kappa shape index (κ3) is 11.2. The lowest BCUT2D eigenvalue weighted by Crippen LogP contribution is -2.10. The van der Waals surface area contributed by atoms with Crippen LogP contribution >= 0.6 is 23.5 Å². The Morgan fingerprint density at radius 1 is 1.09 bits per heavy atom. The van der Waals surface area contributed by atoms with Crippen LogP contribution in [-0.4, -0.2) is 60.9 Å². The molecule has 0 unspecified atom stereocenters. The molecule has 0 saturated carbocycles. The summed E-state index contributed by atoms with van der Waals surface area (Å²) in [5.74, 6) is 0. The van der Waals surface area contributed by atoms with E-state index < -0.39 is 0 Å². The fourth-order valence-corrected chi connectivity index (χ4v) is 2.53. The van der Waals surface area contributed by atoms with Crippen LogP contribution in [0.5, 0.6) is 0 Å². The van der Waals surface area contributed by atoms with Crippen LogP contribution in [0.3, 0.4) is 0 Å². The fourth-order valence-electron chi connectivity index (χ4n) is 1.38. The van der Waals surface area contributed by atoms with Gasteiger partial charge in [-0.2, -0.15) is 11.8 Å². The highest BCUT2D eigenvalue weighted by Gasteiger charge is 1.99. The Balaban J connectivity index is 1.95. The van der Waals surface area contributed by atoms with Gasteiger partial charge in [0.25, 0.3) is 0 Å². The molecule has 0 atom stereocenters. The van der Waals surface area contributed by atoms with Crippen molar-refractivity contribution in [3.63, 3.8) is 0 Å². The van der Waals surface area contributed by atoms with Gasteiger partial charge in [0, 0.05) is 34.5 Å². The van der Waals surface area contributed by atoms with E-state index in [0.29, 0.717) is 46.2 Å². The van der Waals surface area contributed by atoms with Crippen LogP contribution < -0.4 is 0 Å². The Morgan fingerprint density at radius 2 is 1.74 bits per heavy atom. The summed E-state index contributed by atoms with van der Waals surface area (Å²) >= 11 is 3.37. The standard InChI is InChI=1S/C13H21N5O3S2/c1-22-11-23-13-15-8-12(9-16-13)10-21-7-6-20-5-4-19-3-2-17-18-14/h8-9H,2-7,10-11H2,1H3. The van der Waals surface area contributed by atoms with Gasteiger partial charge in [-0.05, 0) is 11.8 Å². The minimum absolute atomic E-state index is 0.344. The summed E-state index contributed by atoms with van der Waals surface area (Å²) in [7, 11) is 0. The van der Waals surface area contributed by atoms with Gasteiger partial charge >= 0.3 is 0 Å². The summed E-state index contributed by atoms with van der Waals surface area (Å²) in [5.41, 5.74) is 9.02. The molecule has 1 aromatic heterocycles. The van der Waals surface area contributed by atoms with E-state index in [1.807, 2.05) is 6.26 Å². The number of azide groups is 1. The zero-order valence-corrected chi connectivity index (χ0v) is 14.7. The predicted molar refractivity (Wildman–Crippen MR) is 91.6 cm³/mol. The van der Waals surface area contributed by atoms with Crippen molar-refractivity contribution >= 4 is 23.5 Å². The molecule has 0 spiro atoms. The summed E-state index contributed by atoms with van der Waals surface area (Å²) in [6.07, 6.45) is 5.62. The first-order valence-electron chi connectivity index (χ1n) is 7.03. The van der Waals surface area contributed by atoms with E-state index in [2.05, 4.69) is 20.0 Å². The molecule has 0 N–H and O–H groups in total. The fraction of sp³-hybridized carbons (Fsp3) is 0.692. The number of ether oxygens (including phenoxy) is 3. The SMILES string of the molecule is CSCSc1ncc(COCCOCCOCCN=[N+]=[N-])cn1. The van der Waals surface area contributed by atoms with Crippen LogP contribution in [0.1, 0.15) is 5.56 Å². The number of thioether (sulfide) groups is 2. The molecular weight excluding hydrogens is 338 g/mol. The van der Waals surface area contributed by atoms with Crippen molar-refractivity contribution in [2.24, 2.45) is 5.11 Å². The van der Waals surface area contributed by atoms with E-state index in [9.17, 15) is 0 Å². The molecule has 128 valence electrons. The Labute approximate surface area is 144 Å². The normalized spacial score (nSPS) is 10.5. The molecule has 1 rings (SSSR count). The molecule has 0 bridgehead atoms. The lowest BCUT2D eigenvalue weighted by molar-refractivity contribution is 0.0118. The van der Waals surface area contributed by atoms with Crippen molar-refractivity contribution in [1.29, 1.82) is 0 Å². The Kier molecular flexibility index (Phi) is 12.7. The summed E-state index contributed by atoms with van der Waals surface area (Å²) in [6.45, 7) is 3.20. The van der Waals surface area contributed by atoms with Crippen molar-refractivity contribution in [3.8, 4) is 0 Å². The van der Waals surface area contributed by atoms with Crippen LogP contribution in [0.25, 0.3) is 10.4 Å². The van der Waals surface area contributed by atoms with Crippen LogP contribution in [0.2, 0.25) is 0 Å². The molecule has 0 aromatic carbocycles. The van der Waals surface area contributed by atoms with Crippen LogP contribution in [-0.2, 0) is 20.8 Å². The van der Waals surface area contributed by atoms with Gasteiger partial charge in [-0.1, -0.05) is 16.9 Å². The van der Waals surface area contributed by atoms with Crippen molar-refractivity contribution in [3.05, 3.63) is 28.4 Å². The van der Waals surface area contributed by atoms with E-state index in [4.69, 9.17) is 19.7 Å². The molecule has 0 aliphatic carbocycles. The average Bonchev–Trinajstić information content (AvgIpc) is 2.59. The Bertz CT molecular complexity index is 457. The number of hydrogen-bond acceptors (Lipinski definition) is 8. The van der Waals surface area contributed by atoms with Gasteiger partial charge in [0.2, 0.25) is 0 Å². The molecular formula is C13H21N5O3S2. The lowest BCUT2D eigenvalue weighted by atomic mass is 10.4. The second-order valence-corrected chi connectivity index (χ2v) is 6.33. The summed E-state index contributed by atoms with van der Waals surface area (Å²) < 4.78 is 16.0. The number of nitrogens with zero attached hydrogens (tertiary/aromatic N) is 5. The first kappa shape index (κ1) is 20.0. The third-order valence-electron chi connectivity index (χ3n) is 2.40. The molecule has 0 amide bonds. The van der Waals surface area contributed by atoms with Crippen LogP contribution in [0.15, 0.2) is 22.7 Å². The first-order chi connectivity index (χ1) is 11.4. The van der Waals surface area contributed by atoms with Crippen molar-refractivity contribution in [2.45, 2.75) is 11.8 Å². The minimum Gasteiger partial charge on any atom is -0.379 e. The maximum atomic E-state index is 8.07. The minimum atomic E-state index is 0.344. The number of hydrogen-bond donors (Lipinski definition) is 0. The Hall–Kier alpha value is -1.03. The quantitative estimate of drug-likeness (QED) is 0.0957. The Morgan fingerprint density at radius 3 is 2.39 bits per heavy atom. The maximum Gasteiger partial charge on any atom is 0.188 e. The van der Waals surface area contributed by atoms with Gasteiger partial charge in [-0.15, -0.1) is 0 Å². The van der Waals surface area contributed by atoms with E-state index in [-0.39, 0.29) is 0 Å². The van der Waals surface area contributed by atoms with Gasteiger partial charge < -0.3 is 14.2 Å². The van der Waals surface area contributed by atoms with Gasteiger partial charge in [-0.25, -0.2) is 9.97 Å². The van der Waals surface area contributed by atoms with Gasteiger partial charge in [0.05, 0.1) is 39.6 Å². The molecule has 10 heteroatoms. The average molecular weight is 359 g/mol. The van der Waals surface area contributed by atoms with E-state index >= 15 is 0 Å². The first-order valence-corrected chi connectivity index (χ1v) is 9.41. The highest BCUT2D eigenvalue weighted by atomic mass is 32.2. The van der Waals surface area contributed by atoms with Gasteiger partial charge in [0.1, 0.15) is 0 Å². The zero-order valence-electron chi connectivity index (χ0n) is 13.1. The second-order valence-electron chi connectivity index (χ2n) is 4.16. The van der Waals surface area contributed by atoms with E-state index in [1.54, 1.807) is 35.9 Å². The van der Waals surface area contributed by atoms with Crippen molar-refractivity contribution in [2.75, 3.05) is 50.9 Å². The lowest BCUT2D eigenvalue weighted by Gasteiger charge is -2.06. The highest BCUT2D eigenvalue weighted by Crippen LogP contribution is 2.16. The largest absolute Gasteiger partial charge is 0.379 e. The molecule has 0 radical (unpaired) electrons. The van der Waals surface area contributed by atoms with Crippen molar-refractivity contribution < 1.29 is 14.2 Å². The van der Waals surface area contributed by atoms with E-state index in [1.165, 1.54) is 0 Å². The summed E-state index contributed by atoms with van der Waals surface area (Å²) in [6, 6.07) is 0. The number of aromatic nitrogens is 2. The maximum absolute atomic E-state index is 8.07. The highest BCUT2D eigenvalue weighted by molar-refractivity contribution is 8.15. The molecule has 0 saturated heterocycles. The molecule has 0 fully saturated rings. The molecule has 8 nitrogen and oxygen atoms in total. The van der Waals surface area contributed by atoms with Crippen LogP contribution in [0, 0.1) is 0 Å². The van der Waals surface area contributed by atoms with Gasteiger partial charge in [0.15, 0.2) is 5.16 Å².